The van der Waals surface area contributed by atoms with Crippen LogP contribution in [0, 0.1) is 6.92 Å². The first-order valence-electron chi connectivity index (χ1n) is 3.97. The number of aryl methyl sites for hydroxylation is 1. The standard InChI is InChI=1S/C10H11NO2/c1-7-3-4-8(6-12)9(5-7)10(13)11-2/h3-6H,1-2H3,(H,11,13). The van der Waals surface area contributed by atoms with Crippen molar-refractivity contribution in [3.05, 3.63) is 34.9 Å². The number of rotatable bonds is 2. The molecule has 1 rings (SSSR count). The smallest absolute Gasteiger partial charge is 0.251 e. The van der Waals surface area contributed by atoms with E-state index in [2.05, 4.69) is 5.32 Å². The highest BCUT2D eigenvalue weighted by Gasteiger charge is 2.08. The fraction of sp³-hybridized carbons (Fsp3) is 0.200. The van der Waals surface area contributed by atoms with Crippen molar-refractivity contribution in [1.29, 1.82) is 0 Å². The molecule has 0 saturated carbocycles. The Bertz CT molecular complexity index is 345. The highest BCUT2D eigenvalue weighted by Crippen LogP contribution is 2.09. The van der Waals surface area contributed by atoms with Gasteiger partial charge < -0.3 is 5.32 Å². The Morgan fingerprint density at radius 3 is 2.69 bits per heavy atom. The van der Waals surface area contributed by atoms with Crippen LogP contribution in [0.15, 0.2) is 18.2 Å². The van der Waals surface area contributed by atoms with Crippen molar-refractivity contribution in [3.8, 4) is 0 Å². The molecule has 1 aromatic rings. The molecule has 13 heavy (non-hydrogen) atoms. The van der Waals surface area contributed by atoms with Crippen molar-refractivity contribution in [3.63, 3.8) is 0 Å². The Labute approximate surface area is 76.8 Å². The Kier molecular flexibility index (Phi) is 2.80. The zero-order chi connectivity index (χ0) is 9.84. The van der Waals surface area contributed by atoms with Gasteiger partial charge in [-0.1, -0.05) is 17.7 Å². The van der Waals surface area contributed by atoms with Crippen LogP contribution in [0.25, 0.3) is 0 Å². The monoisotopic (exact) mass is 177 g/mol. The van der Waals surface area contributed by atoms with Crippen molar-refractivity contribution in [2.45, 2.75) is 6.92 Å². The molecule has 0 atom stereocenters. The minimum absolute atomic E-state index is 0.231. The van der Waals surface area contributed by atoms with Crippen LogP contribution in [0.3, 0.4) is 0 Å². The Hall–Kier alpha value is -1.64. The minimum atomic E-state index is -0.231. The number of carbonyl (C=O) groups is 2. The lowest BCUT2D eigenvalue weighted by molar-refractivity contribution is 0.0957. The van der Waals surface area contributed by atoms with Crippen LogP contribution in [0.4, 0.5) is 0 Å². The average Bonchev–Trinajstić information content (AvgIpc) is 2.16. The summed E-state index contributed by atoms with van der Waals surface area (Å²) in [6.07, 6.45) is 0.685. The van der Waals surface area contributed by atoms with Crippen LogP contribution >= 0.6 is 0 Å². The molecular formula is C10H11NO2. The topological polar surface area (TPSA) is 46.2 Å². The second kappa shape index (κ2) is 3.85. The van der Waals surface area contributed by atoms with E-state index in [0.29, 0.717) is 17.4 Å². The zero-order valence-electron chi connectivity index (χ0n) is 7.63. The Morgan fingerprint density at radius 1 is 1.46 bits per heavy atom. The molecule has 0 fully saturated rings. The summed E-state index contributed by atoms with van der Waals surface area (Å²) in [4.78, 5) is 21.9. The lowest BCUT2D eigenvalue weighted by atomic mass is 10.1. The quantitative estimate of drug-likeness (QED) is 0.689. The Morgan fingerprint density at radius 2 is 2.15 bits per heavy atom. The van der Waals surface area contributed by atoms with E-state index in [1.54, 1.807) is 25.2 Å². The van der Waals surface area contributed by atoms with Gasteiger partial charge in [0.15, 0.2) is 6.29 Å². The molecule has 0 aromatic heterocycles. The second-order valence-corrected chi connectivity index (χ2v) is 2.79. The van der Waals surface area contributed by atoms with Crippen LogP contribution in [0.5, 0.6) is 0 Å². The highest BCUT2D eigenvalue weighted by atomic mass is 16.1. The summed E-state index contributed by atoms with van der Waals surface area (Å²) in [6, 6.07) is 5.14. The maximum absolute atomic E-state index is 11.3. The number of carbonyl (C=O) groups excluding carboxylic acids is 2. The summed E-state index contributed by atoms with van der Waals surface area (Å²) < 4.78 is 0. The van der Waals surface area contributed by atoms with E-state index in [4.69, 9.17) is 0 Å². The van der Waals surface area contributed by atoms with E-state index in [9.17, 15) is 9.59 Å². The third-order valence-corrected chi connectivity index (χ3v) is 1.81. The van der Waals surface area contributed by atoms with E-state index in [1.165, 1.54) is 0 Å². The predicted molar refractivity (Wildman–Crippen MR) is 50.0 cm³/mol. The molecule has 0 heterocycles. The van der Waals surface area contributed by atoms with Gasteiger partial charge in [-0.15, -0.1) is 0 Å². The molecule has 0 spiro atoms. The summed E-state index contributed by atoms with van der Waals surface area (Å²) in [7, 11) is 1.54. The highest BCUT2D eigenvalue weighted by molar-refractivity contribution is 6.01. The summed E-state index contributed by atoms with van der Waals surface area (Å²) >= 11 is 0. The molecule has 0 unspecified atom stereocenters. The largest absolute Gasteiger partial charge is 0.355 e. The molecular weight excluding hydrogens is 166 g/mol. The first-order chi connectivity index (χ1) is 6.19. The van der Waals surface area contributed by atoms with Gasteiger partial charge in [0, 0.05) is 12.6 Å². The average molecular weight is 177 g/mol. The van der Waals surface area contributed by atoms with Gasteiger partial charge in [-0.25, -0.2) is 0 Å². The molecule has 3 heteroatoms. The van der Waals surface area contributed by atoms with Gasteiger partial charge in [-0.05, 0) is 13.0 Å². The minimum Gasteiger partial charge on any atom is -0.355 e. The van der Waals surface area contributed by atoms with Crippen molar-refractivity contribution in [2.24, 2.45) is 0 Å². The molecule has 1 aromatic carbocycles. The van der Waals surface area contributed by atoms with E-state index in [-0.39, 0.29) is 5.91 Å². The van der Waals surface area contributed by atoms with Crippen LogP contribution in [-0.2, 0) is 0 Å². The van der Waals surface area contributed by atoms with Crippen molar-refractivity contribution >= 4 is 12.2 Å². The van der Waals surface area contributed by atoms with Gasteiger partial charge in [0.05, 0.1) is 5.56 Å². The van der Waals surface area contributed by atoms with Crippen molar-refractivity contribution < 1.29 is 9.59 Å². The Balaban J connectivity index is 3.23. The van der Waals surface area contributed by atoms with Crippen LogP contribution in [-0.4, -0.2) is 19.2 Å². The molecule has 0 aliphatic carbocycles. The van der Waals surface area contributed by atoms with Gasteiger partial charge >= 0.3 is 0 Å². The number of benzene rings is 1. The third kappa shape index (κ3) is 1.93. The van der Waals surface area contributed by atoms with E-state index in [0.717, 1.165) is 5.56 Å². The third-order valence-electron chi connectivity index (χ3n) is 1.81. The molecule has 1 amide bonds. The summed E-state index contributed by atoms with van der Waals surface area (Å²) in [5, 5.41) is 2.49. The van der Waals surface area contributed by atoms with Crippen LogP contribution < -0.4 is 5.32 Å². The molecule has 0 radical (unpaired) electrons. The van der Waals surface area contributed by atoms with E-state index < -0.39 is 0 Å². The molecule has 0 saturated heterocycles. The van der Waals surface area contributed by atoms with Gasteiger partial charge in [0.1, 0.15) is 0 Å². The molecule has 1 N–H and O–H groups in total. The summed E-state index contributed by atoms with van der Waals surface area (Å²) in [5.41, 5.74) is 1.81. The molecule has 0 aliphatic rings. The predicted octanol–water partition coefficient (Wildman–Crippen LogP) is 1.17. The zero-order valence-corrected chi connectivity index (χ0v) is 7.63. The molecule has 0 bridgehead atoms. The first-order valence-corrected chi connectivity index (χ1v) is 3.97. The maximum Gasteiger partial charge on any atom is 0.251 e. The molecule has 3 nitrogen and oxygen atoms in total. The van der Waals surface area contributed by atoms with Gasteiger partial charge in [-0.2, -0.15) is 0 Å². The lowest BCUT2D eigenvalue weighted by Crippen LogP contribution is -2.19. The van der Waals surface area contributed by atoms with E-state index in [1.807, 2.05) is 6.92 Å². The van der Waals surface area contributed by atoms with Crippen LogP contribution in [0.2, 0.25) is 0 Å². The fourth-order valence-corrected chi connectivity index (χ4v) is 1.10. The van der Waals surface area contributed by atoms with Crippen molar-refractivity contribution in [2.75, 3.05) is 7.05 Å². The number of amides is 1. The number of hydrogen-bond donors (Lipinski definition) is 1. The fourth-order valence-electron chi connectivity index (χ4n) is 1.10. The normalized spacial score (nSPS) is 9.38. The lowest BCUT2D eigenvalue weighted by Gasteiger charge is -2.03. The number of hydrogen-bond acceptors (Lipinski definition) is 2. The molecule has 68 valence electrons. The maximum atomic E-state index is 11.3. The summed E-state index contributed by atoms with van der Waals surface area (Å²) in [6.45, 7) is 1.88. The van der Waals surface area contributed by atoms with Crippen molar-refractivity contribution in [1.82, 2.24) is 5.32 Å². The van der Waals surface area contributed by atoms with E-state index >= 15 is 0 Å². The SMILES string of the molecule is CNC(=O)c1cc(C)ccc1C=O. The number of aldehydes is 1. The molecule has 0 aliphatic heterocycles. The van der Waals surface area contributed by atoms with Gasteiger partial charge in [-0.3, -0.25) is 9.59 Å². The number of nitrogens with one attached hydrogen (secondary N) is 1. The van der Waals surface area contributed by atoms with Gasteiger partial charge in [0.2, 0.25) is 0 Å². The summed E-state index contributed by atoms with van der Waals surface area (Å²) in [5.74, 6) is -0.231. The first kappa shape index (κ1) is 9.45. The van der Waals surface area contributed by atoms with Crippen LogP contribution in [0.1, 0.15) is 26.3 Å². The van der Waals surface area contributed by atoms with Gasteiger partial charge in [0.25, 0.3) is 5.91 Å². The second-order valence-electron chi connectivity index (χ2n) is 2.79.